The number of nitrogens with one attached hydrogen (secondary N) is 2. The van der Waals surface area contributed by atoms with Gasteiger partial charge in [-0.15, -0.1) is 0 Å². The lowest BCUT2D eigenvalue weighted by atomic mass is 9.74. The maximum Gasteiger partial charge on any atom is 0.259 e. The summed E-state index contributed by atoms with van der Waals surface area (Å²) in [5.41, 5.74) is 0.304. The maximum atomic E-state index is 15.3. The van der Waals surface area contributed by atoms with Gasteiger partial charge in [0.25, 0.3) is 11.8 Å². The van der Waals surface area contributed by atoms with E-state index in [1.165, 1.54) is 165 Å². The number of hydrogen-bond donors (Lipinski definition) is 3. The van der Waals surface area contributed by atoms with Crippen LogP contribution in [0.4, 0.5) is 11.4 Å². The van der Waals surface area contributed by atoms with Gasteiger partial charge in [0.05, 0.1) is 20.1 Å². The highest BCUT2D eigenvalue weighted by molar-refractivity contribution is 6.44. The van der Waals surface area contributed by atoms with Gasteiger partial charge >= 0.3 is 0 Å². The molecule has 2 aliphatic rings. The van der Waals surface area contributed by atoms with Gasteiger partial charge in [0.15, 0.2) is 0 Å². The average Bonchev–Trinajstić information content (AvgIpc) is 4.09. The second-order valence-corrected chi connectivity index (χ2v) is 23.8. The molecule has 78 heavy (non-hydrogen) atoms. The van der Waals surface area contributed by atoms with Crippen LogP contribution in [0.3, 0.4) is 0 Å². The van der Waals surface area contributed by atoms with E-state index in [4.69, 9.17) is 69.6 Å². The van der Waals surface area contributed by atoms with Gasteiger partial charge in [-0.25, -0.2) is 0 Å². The summed E-state index contributed by atoms with van der Waals surface area (Å²) in [5, 5.41) is 28.7. The van der Waals surface area contributed by atoms with E-state index in [0.29, 0.717) is 18.4 Å². The third-order valence-electron chi connectivity index (χ3n) is 14.9. The number of nitrogens with zero attached hydrogens (tertiary/aromatic N) is 4. The fraction of sp³-hybridized carbons (Fsp3) is 0.607. The first-order valence-corrected chi connectivity index (χ1v) is 31.5. The van der Waals surface area contributed by atoms with E-state index in [2.05, 4.69) is 34.7 Å². The van der Waals surface area contributed by atoms with Gasteiger partial charge in [-0.3, -0.25) is 19.2 Å². The monoisotopic (exact) mass is 1190 g/mol. The highest BCUT2D eigenvalue weighted by Gasteiger charge is 2.54. The minimum atomic E-state index is -1.44. The Kier molecular flexibility index (Phi) is 30.1. The third-order valence-corrected chi connectivity index (χ3v) is 16.5. The van der Waals surface area contributed by atoms with Crippen LogP contribution in [0.2, 0.25) is 30.1 Å². The van der Waals surface area contributed by atoms with Crippen LogP contribution in [0.1, 0.15) is 231 Å². The Morgan fingerprint density at radius 1 is 0.474 bits per heavy atom. The van der Waals surface area contributed by atoms with Crippen molar-refractivity contribution >= 4 is 116 Å². The number of rotatable bonds is 37. The zero-order valence-corrected chi connectivity index (χ0v) is 50.7. The second-order valence-electron chi connectivity index (χ2n) is 21.3. The minimum absolute atomic E-state index is 0.00356. The molecule has 2 aliphatic heterocycles. The van der Waals surface area contributed by atoms with Gasteiger partial charge in [0.1, 0.15) is 40.6 Å². The summed E-state index contributed by atoms with van der Waals surface area (Å²) in [6.45, 7) is 4.49. The second kappa shape index (κ2) is 36.0. The number of benzene rings is 3. The number of hydrogen-bond acceptors (Lipinski definition) is 7. The first-order chi connectivity index (χ1) is 37.7. The van der Waals surface area contributed by atoms with E-state index in [-0.39, 0.29) is 71.8 Å². The first kappa shape index (κ1) is 65.2. The van der Waals surface area contributed by atoms with Crippen molar-refractivity contribution in [2.75, 3.05) is 10.0 Å². The van der Waals surface area contributed by atoms with Crippen LogP contribution in [0, 0.1) is 11.8 Å². The van der Waals surface area contributed by atoms with Crippen molar-refractivity contribution in [2.45, 2.75) is 225 Å². The van der Waals surface area contributed by atoms with Crippen molar-refractivity contribution in [3.8, 4) is 5.75 Å². The lowest BCUT2D eigenvalue weighted by Gasteiger charge is -2.30. The van der Waals surface area contributed by atoms with Gasteiger partial charge < -0.3 is 15.7 Å². The van der Waals surface area contributed by atoms with Crippen molar-refractivity contribution in [3.05, 3.63) is 84.2 Å². The summed E-state index contributed by atoms with van der Waals surface area (Å²) in [7, 11) is 0. The summed E-state index contributed by atoms with van der Waals surface area (Å²) in [6, 6.07) is 11.8. The minimum Gasteiger partial charge on any atom is -0.508 e. The highest BCUT2D eigenvalue weighted by Crippen LogP contribution is 2.47. The van der Waals surface area contributed by atoms with Crippen LogP contribution in [0.25, 0.3) is 0 Å². The number of hydrazone groups is 2. The van der Waals surface area contributed by atoms with E-state index >= 15 is 9.59 Å². The molecule has 0 aromatic heterocycles. The number of amides is 4. The van der Waals surface area contributed by atoms with Gasteiger partial charge in [0.2, 0.25) is 11.8 Å². The molecular weight excluding hydrogens is 1110 g/mol. The molecular formula is C61H84Cl6N6O5. The van der Waals surface area contributed by atoms with Gasteiger partial charge in [-0.05, 0) is 54.8 Å². The molecule has 0 saturated heterocycles. The van der Waals surface area contributed by atoms with E-state index in [1.54, 1.807) is 12.1 Å². The molecule has 11 nitrogen and oxygen atoms in total. The first-order valence-electron chi connectivity index (χ1n) is 29.3. The van der Waals surface area contributed by atoms with E-state index in [1.807, 2.05) is 0 Å². The Bertz CT molecular complexity index is 2270. The summed E-state index contributed by atoms with van der Waals surface area (Å²) in [5.74, 6) is -6.74. The Morgan fingerprint density at radius 2 is 0.769 bits per heavy atom. The molecule has 0 aliphatic carbocycles. The predicted octanol–water partition coefficient (Wildman–Crippen LogP) is 19.1. The molecule has 3 aromatic rings. The number of aromatic hydroxyl groups is 1. The Hall–Kier alpha value is -3.58. The topological polar surface area (TPSA) is 144 Å². The zero-order chi connectivity index (χ0) is 56.2. The number of anilines is 2. The fourth-order valence-electron chi connectivity index (χ4n) is 10.6. The van der Waals surface area contributed by atoms with Crippen LogP contribution < -0.4 is 20.7 Å². The van der Waals surface area contributed by atoms with Gasteiger partial charge in [-0.1, -0.05) is 275 Å². The van der Waals surface area contributed by atoms with Crippen LogP contribution in [0.15, 0.2) is 58.7 Å². The predicted molar refractivity (Wildman–Crippen MR) is 326 cm³/mol. The molecule has 2 heterocycles. The summed E-state index contributed by atoms with van der Waals surface area (Å²) in [4.78, 5) is 58.6. The van der Waals surface area contributed by atoms with Crippen molar-refractivity contribution < 1.29 is 24.3 Å². The van der Waals surface area contributed by atoms with E-state index in [0.717, 1.165) is 61.4 Å². The summed E-state index contributed by atoms with van der Waals surface area (Å²) < 4.78 is 0. The quantitative estimate of drug-likeness (QED) is 0.0493. The third kappa shape index (κ3) is 21.1. The molecule has 0 radical (unpaired) electrons. The van der Waals surface area contributed by atoms with E-state index < -0.39 is 41.4 Å². The van der Waals surface area contributed by atoms with Crippen LogP contribution in [-0.2, 0) is 19.2 Å². The highest BCUT2D eigenvalue weighted by atomic mass is 35.5. The van der Waals surface area contributed by atoms with Crippen molar-refractivity contribution in [2.24, 2.45) is 22.0 Å². The lowest BCUT2D eigenvalue weighted by molar-refractivity contribution is -0.122. The van der Waals surface area contributed by atoms with Crippen LogP contribution in [-0.4, -0.2) is 40.4 Å². The molecule has 2 atom stereocenters. The summed E-state index contributed by atoms with van der Waals surface area (Å²) in [6.07, 6.45) is 35.6. The van der Waals surface area contributed by atoms with E-state index in [9.17, 15) is 14.7 Å². The standard InChI is InChI=1S/C61H84Cl6N6O5/c1-3-5-7-9-11-13-15-17-19-21-23-25-27-29-31-36-51(75)68-58-54(60(77)72(70-58)56-47(64)39-44(62)40-48(56)65)53(43-34-33-35-46(74)38-43)55-59(71-73(61(55)78)57-49(66)41-45(63)42-50(57)67)69-52(76)37-32-30-28-26-24-22-20-18-16-14-12-10-8-6-4-2/h33-35,38-42,53-55,74H,3-32,36-37H2,1-2H3,(H,68,70,75)(H,69,71,76). The van der Waals surface area contributed by atoms with Crippen LogP contribution in [0.5, 0.6) is 5.75 Å². The Labute approximate surface area is 495 Å². The molecule has 4 amide bonds. The fourth-order valence-corrected chi connectivity index (χ4v) is 12.6. The molecule has 3 aromatic carbocycles. The number of carbonyl (C=O) groups excluding carboxylic acids is 4. The molecule has 0 fully saturated rings. The smallest absolute Gasteiger partial charge is 0.259 e. The molecule has 0 bridgehead atoms. The number of unbranched alkanes of at least 4 members (excludes halogenated alkanes) is 28. The van der Waals surface area contributed by atoms with Crippen molar-refractivity contribution in [1.82, 2.24) is 10.6 Å². The molecule has 5 rings (SSSR count). The zero-order valence-electron chi connectivity index (χ0n) is 46.1. The SMILES string of the molecule is CCCCCCCCCCCCCCCCCC(=O)NC1=NN(c2c(Cl)cc(Cl)cc2Cl)C(=O)C1C(c1cccc(O)c1)C1C(=O)N(c2c(Cl)cc(Cl)cc2Cl)N=C1NC(=O)CCCCCCCCCCCCCCCCC. The largest absolute Gasteiger partial charge is 0.508 e. The van der Waals surface area contributed by atoms with Gasteiger partial charge in [-0.2, -0.15) is 20.2 Å². The van der Waals surface area contributed by atoms with Crippen molar-refractivity contribution in [1.29, 1.82) is 0 Å². The molecule has 0 spiro atoms. The molecule has 3 N–H and O–H groups in total. The van der Waals surface area contributed by atoms with Crippen LogP contribution >= 0.6 is 69.6 Å². The maximum absolute atomic E-state index is 15.3. The lowest BCUT2D eigenvalue weighted by Crippen LogP contribution is -2.47. The Balaban J connectivity index is 1.32. The number of phenolic OH excluding ortho intramolecular Hbond substituents is 1. The Morgan fingerprint density at radius 3 is 1.06 bits per heavy atom. The summed E-state index contributed by atoms with van der Waals surface area (Å²) >= 11 is 39.6. The molecule has 2 unspecified atom stereocenters. The molecule has 430 valence electrons. The number of amidine groups is 2. The normalized spacial score (nSPS) is 15.8. The average molecular weight is 1190 g/mol. The number of carbonyl (C=O) groups is 4. The number of halogens is 6. The van der Waals surface area contributed by atoms with Gasteiger partial charge in [0, 0.05) is 28.8 Å². The number of phenols is 1. The molecule has 17 heteroatoms. The molecule has 0 saturated carbocycles. The van der Waals surface area contributed by atoms with Crippen molar-refractivity contribution in [3.63, 3.8) is 0 Å².